The van der Waals surface area contributed by atoms with Crippen molar-refractivity contribution in [1.29, 1.82) is 0 Å². The molecule has 0 amide bonds. The van der Waals surface area contributed by atoms with E-state index in [2.05, 4.69) is 5.73 Å². The monoisotopic (exact) mass is 290 g/mol. The largest absolute Gasteiger partial charge is 0.545 e. The lowest BCUT2D eigenvalue weighted by Gasteiger charge is -1.99. The summed E-state index contributed by atoms with van der Waals surface area (Å²) in [7, 11) is 1.65. The van der Waals surface area contributed by atoms with Crippen molar-refractivity contribution in [1.82, 2.24) is 0 Å². The second-order valence-electron chi connectivity index (χ2n) is 3.94. The number of carboxylic acid groups (broad SMARTS) is 1. The zero-order chi connectivity index (χ0) is 15.8. The summed E-state index contributed by atoms with van der Waals surface area (Å²) < 4.78 is 4.94. The first-order valence-corrected chi connectivity index (χ1v) is 5.86. The van der Waals surface area contributed by atoms with Crippen LogP contribution in [-0.2, 0) is 0 Å². The molecule has 0 heterocycles. The fourth-order valence-electron chi connectivity index (χ4n) is 1.34. The first-order chi connectivity index (χ1) is 9.93. The van der Waals surface area contributed by atoms with E-state index in [0.29, 0.717) is 0 Å². The Hall–Kier alpha value is -2.93. The van der Waals surface area contributed by atoms with E-state index in [-0.39, 0.29) is 11.3 Å². The van der Waals surface area contributed by atoms with E-state index < -0.39 is 10.9 Å². The molecule has 0 fully saturated rings. The molecule has 0 atom stereocenters. The minimum absolute atomic E-state index is 0.0689. The van der Waals surface area contributed by atoms with Crippen molar-refractivity contribution < 1.29 is 25.3 Å². The topological polar surface area (TPSA) is 120 Å². The Morgan fingerprint density at radius 3 is 2.00 bits per heavy atom. The van der Waals surface area contributed by atoms with Gasteiger partial charge >= 0.3 is 0 Å². The highest BCUT2D eigenvalue weighted by atomic mass is 16.6. The summed E-state index contributed by atoms with van der Waals surface area (Å²) in [6.45, 7) is 0. The summed E-state index contributed by atoms with van der Waals surface area (Å²) in [6, 6.07) is 12.1. The van der Waals surface area contributed by atoms with Crippen LogP contribution in [0, 0.1) is 10.1 Å². The third kappa shape index (κ3) is 5.29. The van der Waals surface area contributed by atoms with Gasteiger partial charge < -0.3 is 20.4 Å². The van der Waals surface area contributed by atoms with Gasteiger partial charge in [-0.2, -0.15) is 0 Å². The van der Waals surface area contributed by atoms with E-state index in [1.807, 2.05) is 24.3 Å². The lowest BCUT2D eigenvalue weighted by Crippen LogP contribution is -2.39. The number of hydrogen-bond donors (Lipinski definition) is 1. The number of benzene rings is 2. The van der Waals surface area contributed by atoms with Gasteiger partial charge in [0.25, 0.3) is 5.69 Å². The van der Waals surface area contributed by atoms with Gasteiger partial charge in [-0.15, -0.1) is 0 Å². The number of nitrogens with zero attached hydrogens (tertiary/aromatic N) is 1. The number of quaternary nitrogens is 1. The van der Waals surface area contributed by atoms with Crippen molar-refractivity contribution in [2.75, 3.05) is 7.11 Å². The second kappa shape index (κ2) is 7.61. The Balaban J connectivity index is 0.000000219. The van der Waals surface area contributed by atoms with Crippen molar-refractivity contribution in [2.45, 2.75) is 0 Å². The first kappa shape index (κ1) is 16.1. The molecule has 7 nitrogen and oxygen atoms in total. The molecule has 0 unspecified atom stereocenters. The standard InChI is InChI=1S/C7H5NO4.C7H9NO/c9-7(10)5-1-3-6(4-2-5)8(11)12;1-9-7-4-2-6(8)3-5-7/h1-4H,(H,9,10);2-5H,8H2,1H3. The van der Waals surface area contributed by atoms with Gasteiger partial charge in [0, 0.05) is 24.3 Å². The maximum Gasteiger partial charge on any atom is 0.269 e. The lowest BCUT2D eigenvalue weighted by molar-refractivity contribution is -0.384. The molecule has 110 valence electrons. The summed E-state index contributed by atoms with van der Waals surface area (Å²) in [5, 5.41) is 20.3. The number of carbonyl (C=O) groups is 1. The molecular weight excluding hydrogens is 276 g/mol. The normalized spacial score (nSPS) is 9.24. The Morgan fingerprint density at radius 2 is 1.62 bits per heavy atom. The summed E-state index contributed by atoms with van der Waals surface area (Å²) >= 11 is 0. The molecule has 21 heavy (non-hydrogen) atoms. The maximum atomic E-state index is 10.2. The Labute approximate surface area is 120 Å². The number of ether oxygens (including phenoxy) is 1. The molecule has 3 N–H and O–H groups in total. The number of carbonyl (C=O) groups excluding carboxylic acids is 1. The summed E-state index contributed by atoms with van der Waals surface area (Å²) in [6.07, 6.45) is 0. The third-order valence-corrected chi connectivity index (χ3v) is 2.47. The van der Waals surface area contributed by atoms with Crippen LogP contribution in [0.3, 0.4) is 0 Å². The molecule has 2 aromatic carbocycles. The van der Waals surface area contributed by atoms with E-state index in [0.717, 1.165) is 35.7 Å². The number of hydrogen-bond acceptors (Lipinski definition) is 5. The third-order valence-electron chi connectivity index (χ3n) is 2.47. The number of rotatable bonds is 3. The number of nitro benzene ring substituents is 1. The number of non-ortho nitro benzene ring substituents is 1. The molecule has 0 bridgehead atoms. The zero-order valence-electron chi connectivity index (χ0n) is 11.3. The van der Waals surface area contributed by atoms with Crippen LogP contribution in [0.2, 0.25) is 0 Å². The average Bonchev–Trinajstić information content (AvgIpc) is 2.49. The number of nitro groups is 1. The average molecular weight is 290 g/mol. The van der Waals surface area contributed by atoms with Crippen LogP contribution in [0.5, 0.6) is 5.75 Å². The van der Waals surface area contributed by atoms with Crippen LogP contribution < -0.4 is 15.6 Å². The van der Waals surface area contributed by atoms with Crippen LogP contribution in [-0.4, -0.2) is 18.0 Å². The van der Waals surface area contributed by atoms with Gasteiger partial charge in [-0.3, -0.25) is 10.1 Å². The second-order valence-corrected chi connectivity index (χ2v) is 3.94. The van der Waals surface area contributed by atoms with Crippen LogP contribution in [0.1, 0.15) is 10.4 Å². The molecule has 0 radical (unpaired) electrons. The van der Waals surface area contributed by atoms with Gasteiger partial charge in [0.15, 0.2) is 0 Å². The molecule has 0 aliphatic carbocycles. The van der Waals surface area contributed by atoms with E-state index in [4.69, 9.17) is 4.74 Å². The van der Waals surface area contributed by atoms with Crippen LogP contribution >= 0.6 is 0 Å². The summed E-state index contributed by atoms with van der Waals surface area (Å²) in [5.41, 5.74) is 4.54. The van der Waals surface area contributed by atoms with Gasteiger partial charge in [0.1, 0.15) is 11.4 Å². The number of aromatic carboxylic acids is 1. The molecule has 0 aromatic heterocycles. The summed E-state index contributed by atoms with van der Waals surface area (Å²) in [4.78, 5) is 19.7. The molecule has 2 rings (SSSR count). The molecular formula is C14H14N2O5. The maximum absolute atomic E-state index is 10.2. The molecule has 0 saturated heterocycles. The van der Waals surface area contributed by atoms with Crippen molar-refractivity contribution in [2.24, 2.45) is 0 Å². The van der Waals surface area contributed by atoms with E-state index in [1.54, 1.807) is 7.11 Å². The molecule has 0 saturated carbocycles. The highest BCUT2D eigenvalue weighted by molar-refractivity contribution is 5.85. The minimum Gasteiger partial charge on any atom is -0.545 e. The smallest absolute Gasteiger partial charge is 0.269 e. The van der Waals surface area contributed by atoms with E-state index >= 15 is 0 Å². The first-order valence-electron chi connectivity index (χ1n) is 5.86. The predicted molar refractivity (Wildman–Crippen MR) is 73.0 cm³/mol. The zero-order valence-corrected chi connectivity index (χ0v) is 11.3. The van der Waals surface area contributed by atoms with E-state index in [1.165, 1.54) is 0 Å². The van der Waals surface area contributed by atoms with Crippen molar-refractivity contribution in [3.8, 4) is 5.75 Å². The fourth-order valence-corrected chi connectivity index (χ4v) is 1.34. The Bertz CT molecular complexity index is 575. The van der Waals surface area contributed by atoms with Crippen molar-refractivity contribution in [3.05, 3.63) is 64.2 Å². The fraction of sp³-hybridized carbons (Fsp3) is 0.0714. The highest BCUT2D eigenvalue weighted by Crippen LogP contribution is 2.11. The molecule has 0 spiro atoms. The van der Waals surface area contributed by atoms with Crippen molar-refractivity contribution in [3.63, 3.8) is 0 Å². The van der Waals surface area contributed by atoms with Gasteiger partial charge in [0.2, 0.25) is 0 Å². The SMILES string of the molecule is COc1ccc([NH3+])cc1.O=C([O-])c1ccc([N+](=O)[O-])cc1. The van der Waals surface area contributed by atoms with Crippen LogP contribution in [0.15, 0.2) is 48.5 Å². The Morgan fingerprint density at radius 1 is 1.10 bits per heavy atom. The summed E-state index contributed by atoms with van der Waals surface area (Å²) in [5.74, 6) is -0.465. The molecule has 7 heteroatoms. The molecule has 0 aliphatic heterocycles. The quantitative estimate of drug-likeness (QED) is 0.652. The molecule has 0 aliphatic rings. The van der Waals surface area contributed by atoms with E-state index in [9.17, 15) is 20.0 Å². The van der Waals surface area contributed by atoms with Crippen LogP contribution in [0.25, 0.3) is 0 Å². The highest BCUT2D eigenvalue weighted by Gasteiger charge is 2.03. The molecule has 2 aromatic rings. The van der Waals surface area contributed by atoms with Crippen molar-refractivity contribution >= 4 is 17.3 Å². The van der Waals surface area contributed by atoms with Gasteiger partial charge in [-0.05, 0) is 29.8 Å². The van der Waals surface area contributed by atoms with Gasteiger partial charge in [0.05, 0.1) is 18.0 Å². The number of carboxylic acids is 1. The Kier molecular flexibility index (Phi) is 5.84. The lowest BCUT2D eigenvalue weighted by atomic mass is 10.2. The van der Waals surface area contributed by atoms with Gasteiger partial charge in [-0.1, -0.05) is 0 Å². The number of methoxy groups -OCH3 is 1. The van der Waals surface area contributed by atoms with Gasteiger partial charge in [-0.25, -0.2) is 0 Å². The minimum atomic E-state index is -1.34. The van der Waals surface area contributed by atoms with Crippen LogP contribution in [0.4, 0.5) is 11.4 Å². The predicted octanol–water partition coefficient (Wildman–Crippen LogP) is 0.527.